The lowest BCUT2D eigenvalue weighted by Gasteiger charge is -2.13. The van der Waals surface area contributed by atoms with Gasteiger partial charge < -0.3 is 10.1 Å². The zero-order chi connectivity index (χ0) is 20.1. The summed E-state index contributed by atoms with van der Waals surface area (Å²) in [6.45, 7) is -0.551. The van der Waals surface area contributed by atoms with Crippen LogP contribution in [-0.2, 0) is 17.9 Å². The summed E-state index contributed by atoms with van der Waals surface area (Å²) in [5, 5.41) is 8.49. The van der Waals surface area contributed by atoms with Gasteiger partial charge in [0, 0.05) is 18.2 Å². The van der Waals surface area contributed by atoms with E-state index in [1.807, 2.05) is 17.5 Å². The highest BCUT2D eigenvalue weighted by Gasteiger charge is 2.32. The smallest absolute Gasteiger partial charge is 0.405 e. The van der Waals surface area contributed by atoms with Crippen LogP contribution in [0.2, 0.25) is 0 Å². The van der Waals surface area contributed by atoms with Crippen LogP contribution in [-0.4, -0.2) is 22.1 Å². The number of aromatic nitrogens is 2. The molecule has 6 nitrogen and oxygen atoms in total. The highest BCUT2D eigenvalue weighted by atomic mass is 32.1. The van der Waals surface area contributed by atoms with Gasteiger partial charge in [-0.05, 0) is 23.6 Å². The molecule has 0 aliphatic heterocycles. The van der Waals surface area contributed by atoms with E-state index in [4.69, 9.17) is 0 Å². The van der Waals surface area contributed by atoms with Gasteiger partial charge in [-0.1, -0.05) is 24.3 Å². The summed E-state index contributed by atoms with van der Waals surface area (Å²) in [5.41, 5.74) is 0.239. The molecule has 0 bridgehead atoms. The Hall–Kier alpha value is -3.14. The molecule has 3 aromatic rings. The number of carbonyl (C=O) groups is 1. The minimum Gasteiger partial charge on any atom is -0.405 e. The Bertz CT molecular complexity index is 1020. The second-order valence-corrected chi connectivity index (χ2v) is 6.57. The number of para-hydroxylation sites is 1. The van der Waals surface area contributed by atoms with E-state index < -0.39 is 23.6 Å². The average molecular weight is 409 g/mol. The lowest BCUT2D eigenvalue weighted by molar-refractivity contribution is -0.274. The zero-order valence-electron chi connectivity index (χ0n) is 14.3. The van der Waals surface area contributed by atoms with E-state index in [9.17, 15) is 22.8 Å². The van der Waals surface area contributed by atoms with Crippen molar-refractivity contribution in [3.8, 4) is 16.3 Å². The number of hydrogen-bond acceptors (Lipinski definition) is 5. The molecule has 0 unspecified atom stereocenters. The number of ether oxygens (including phenoxy) is 1. The number of benzene rings is 1. The van der Waals surface area contributed by atoms with E-state index in [0.29, 0.717) is 5.69 Å². The van der Waals surface area contributed by atoms with Crippen LogP contribution in [0.1, 0.15) is 5.56 Å². The SMILES string of the molecule is O=C(Cn1nc(-c2cccs2)ccc1=O)NCc1ccccc1OC(F)(F)F. The summed E-state index contributed by atoms with van der Waals surface area (Å²) in [6, 6.07) is 12.0. The Labute approximate surface area is 161 Å². The number of nitrogens with zero attached hydrogens (tertiary/aromatic N) is 2. The summed E-state index contributed by atoms with van der Waals surface area (Å²) in [5.74, 6) is -0.968. The van der Waals surface area contributed by atoms with Crippen molar-refractivity contribution in [2.45, 2.75) is 19.5 Å². The Balaban J connectivity index is 1.67. The molecule has 0 radical (unpaired) electrons. The first-order valence-electron chi connectivity index (χ1n) is 8.04. The van der Waals surface area contributed by atoms with Crippen LogP contribution < -0.4 is 15.6 Å². The van der Waals surface area contributed by atoms with Crippen molar-refractivity contribution in [1.29, 1.82) is 0 Å². The molecule has 3 rings (SSSR count). The summed E-state index contributed by atoms with van der Waals surface area (Å²) < 4.78 is 42.3. The van der Waals surface area contributed by atoms with Crippen LogP contribution in [0, 0.1) is 0 Å². The topological polar surface area (TPSA) is 73.2 Å². The second kappa shape index (κ2) is 8.26. The number of hydrogen-bond donors (Lipinski definition) is 1. The first kappa shape index (κ1) is 19.6. The maximum Gasteiger partial charge on any atom is 0.573 e. The third-order valence-electron chi connectivity index (χ3n) is 3.61. The second-order valence-electron chi connectivity index (χ2n) is 5.62. The lowest BCUT2D eigenvalue weighted by Crippen LogP contribution is -2.33. The van der Waals surface area contributed by atoms with E-state index in [1.165, 1.54) is 35.6 Å². The largest absolute Gasteiger partial charge is 0.573 e. The highest BCUT2D eigenvalue weighted by molar-refractivity contribution is 7.13. The molecular formula is C18H14F3N3O3S. The van der Waals surface area contributed by atoms with Crippen LogP contribution in [0.15, 0.2) is 58.7 Å². The van der Waals surface area contributed by atoms with E-state index in [2.05, 4.69) is 15.2 Å². The number of carbonyl (C=O) groups excluding carboxylic acids is 1. The monoisotopic (exact) mass is 409 g/mol. The van der Waals surface area contributed by atoms with Gasteiger partial charge in [0.15, 0.2) is 0 Å². The van der Waals surface area contributed by atoms with Crippen LogP contribution >= 0.6 is 11.3 Å². The molecule has 10 heteroatoms. The van der Waals surface area contributed by atoms with Crippen molar-refractivity contribution in [2.24, 2.45) is 0 Å². The summed E-state index contributed by atoms with van der Waals surface area (Å²) >= 11 is 1.44. The van der Waals surface area contributed by atoms with Crippen molar-refractivity contribution >= 4 is 17.2 Å². The Morgan fingerprint density at radius 1 is 1.14 bits per heavy atom. The maximum atomic E-state index is 12.5. The van der Waals surface area contributed by atoms with Gasteiger partial charge >= 0.3 is 6.36 Å². The molecule has 0 aliphatic rings. The summed E-state index contributed by atoms with van der Waals surface area (Å²) in [6.07, 6.45) is -4.83. The van der Waals surface area contributed by atoms with Gasteiger partial charge in [0.1, 0.15) is 18.0 Å². The van der Waals surface area contributed by atoms with Gasteiger partial charge in [0.05, 0.1) is 4.88 Å². The molecule has 1 aromatic carbocycles. The summed E-state index contributed by atoms with van der Waals surface area (Å²) in [4.78, 5) is 24.9. The first-order chi connectivity index (χ1) is 13.3. The van der Waals surface area contributed by atoms with Crippen LogP contribution in [0.25, 0.3) is 10.6 Å². The third-order valence-corrected chi connectivity index (χ3v) is 4.50. The molecule has 1 amide bonds. The fourth-order valence-electron chi connectivity index (χ4n) is 2.38. The normalized spacial score (nSPS) is 11.2. The zero-order valence-corrected chi connectivity index (χ0v) is 15.1. The first-order valence-corrected chi connectivity index (χ1v) is 8.92. The van der Waals surface area contributed by atoms with Gasteiger partial charge in [-0.2, -0.15) is 5.10 Å². The Morgan fingerprint density at radius 2 is 1.93 bits per heavy atom. The van der Waals surface area contributed by atoms with Gasteiger partial charge in [-0.25, -0.2) is 4.68 Å². The van der Waals surface area contributed by atoms with Crippen LogP contribution in [0.5, 0.6) is 5.75 Å². The van der Waals surface area contributed by atoms with Crippen molar-refractivity contribution in [1.82, 2.24) is 15.1 Å². The molecule has 0 saturated heterocycles. The van der Waals surface area contributed by atoms with Crippen molar-refractivity contribution < 1.29 is 22.7 Å². The van der Waals surface area contributed by atoms with Crippen molar-refractivity contribution in [3.63, 3.8) is 0 Å². The van der Waals surface area contributed by atoms with Gasteiger partial charge in [0.2, 0.25) is 5.91 Å². The molecule has 0 aliphatic carbocycles. The number of halogens is 3. The van der Waals surface area contributed by atoms with E-state index >= 15 is 0 Å². The number of thiophene rings is 1. The number of amides is 1. The van der Waals surface area contributed by atoms with Crippen LogP contribution in [0.3, 0.4) is 0 Å². The maximum absolute atomic E-state index is 12.5. The number of nitrogens with one attached hydrogen (secondary N) is 1. The molecular weight excluding hydrogens is 395 g/mol. The predicted octanol–water partition coefficient (Wildman–Crippen LogP) is 3.19. The number of rotatable bonds is 6. The van der Waals surface area contributed by atoms with Gasteiger partial charge in [-0.15, -0.1) is 24.5 Å². The van der Waals surface area contributed by atoms with Crippen LogP contribution in [0.4, 0.5) is 13.2 Å². The molecule has 1 N–H and O–H groups in total. The molecule has 146 valence electrons. The quantitative estimate of drug-likeness (QED) is 0.679. The molecule has 0 atom stereocenters. The number of alkyl halides is 3. The Kier molecular flexibility index (Phi) is 5.78. The van der Waals surface area contributed by atoms with Gasteiger partial charge in [-0.3, -0.25) is 9.59 Å². The molecule has 0 saturated carbocycles. The summed E-state index contributed by atoms with van der Waals surface area (Å²) in [7, 11) is 0. The third kappa shape index (κ3) is 5.19. The Morgan fingerprint density at radius 3 is 2.64 bits per heavy atom. The fraction of sp³-hybridized carbons (Fsp3) is 0.167. The molecule has 28 heavy (non-hydrogen) atoms. The van der Waals surface area contributed by atoms with E-state index in [-0.39, 0.29) is 18.7 Å². The van der Waals surface area contributed by atoms with Crippen molar-refractivity contribution in [3.05, 3.63) is 69.8 Å². The van der Waals surface area contributed by atoms with Crippen molar-refractivity contribution in [2.75, 3.05) is 0 Å². The minimum absolute atomic E-state index is 0.154. The molecule has 0 fully saturated rings. The molecule has 0 spiro atoms. The lowest BCUT2D eigenvalue weighted by atomic mass is 10.2. The molecule has 2 heterocycles. The molecule has 2 aromatic heterocycles. The minimum atomic E-state index is -4.83. The van der Waals surface area contributed by atoms with Gasteiger partial charge in [0.25, 0.3) is 5.56 Å². The standard InChI is InChI=1S/C18H14F3N3O3S/c19-18(20,21)27-14-5-2-1-4-12(14)10-22-16(25)11-24-17(26)8-7-13(23-24)15-6-3-9-28-15/h1-9H,10-11H2,(H,22,25). The predicted molar refractivity (Wildman–Crippen MR) is 96.8 cm³/mol. The fourth-order valence-corrected chi connectivity index (χ4v) is 3.07. The average Bonchev–Trinajstić information content (AvgIpc) is 3.16. The van der Waals surface area contributed by atoms with E-state index in [1.54, 1.807) is 6.07 Å². The highest BCUT2D eigenvalue weighted by Crippen LogP contribution is 2.26. The van der Waals surface area contributed by atoms with E-state index in [0.717, 1.165) is 15.6 Å².